The van der Waals surface area contributed by atoms with Gasteiger partial charge in [-0.05, 0) is 26.8 Å². The Balaban J connectivity index is 3.00. The molecule has 0 heterocycles. The quantitative estimate of drug-likeness (QED) is 0.824. The highest BCUT2D eigenvalue weighted by Gasteiger charge is 2.13. The summed E-state index contributed by atoms with van der Waals surface area (Å²) in [6.07, 6.45) is 0. The van der Waals surface area contributed by atoms with E-state index in [0.29, 0.717) is 12.6 Å². The molecule has 17 heavy (non-hydrogen) atoms. The lowest BCUT2D eigenvalue weighted by molar-refractivity contribution is 0.203. The van der Waals surface area contributed by atoms with Crippen molar-refractivity contribution in [1.29, 1.82) is 0 Å². The summed E-state index contributed by atoms with van der Waals surface area (Å²) in [6.45, 7) is 7.94. The molecule has 0 fully saturated rings. The first-order valence-electron chi connectivity index (χ1n) is 6.06. The Hall–Kier alpha value is -1.06. The van der Waals surface area contributed by atoms with E-state index in [2.05, 4.69) is 30.9 Å². The van der Waals surface area contributed by atoms with Gasteiger partial charge in [-0.25, -0.2) is 0 Å². The summed E-state index contributed by atoms with van der Waals surface area (Å²) in [4.78, 5) is 2.26. The molecule has 3 heteroatoms. The van der Waals surface area contributed by atoms with Crippen LogP contribution in [0.5, 0.6) is 0 Å². The molecule has 0 radical (unpaired) electrons. The van der Waals surface area contributed by atoms with Gasteiger partial charge in [-0.2, -0.15) is 0 Å². The molecule has 0 aromatic heterocycles. The van der Waals surface area contributed by atoms with Crippen LogP contribution in [0.3, 0.4) is 0 Å². The van der Waals surface area contributed by atoms with E-state index in [9.17, 15) is 5.11 Å². The highest BCUT2D eigenvalue weighted by Crippen LogP contribution is 2.23. The average Bonchev–Trinajstić information content (AvgIpc) is 2.30. The van der Waals surface area contributed by atoms with Gasteiger partial charge in [0, 0.05) is 30.9 Å². The fourth-order valence-corrected chi connectivity index (χ4v) is 1.97. The van der Waals surface area contributed by atoms with Crippen molar-refractivity contribution in [3.8, 4) is 0 Å². The lowest BCUT2D eigenvalue weighted by atomic mass is 10.1. The van der Waals surface area contributed by atoms with Crippen LogP contribution in [-0.4, -0.2) is 31.4 Å². The fraction of sp³-hybridized carbons (Fsp3) is 0.571. The van der Waals surface area contributed by atoms with Crippen molar-refractivity contribution in [2.75, 3.05) is 25.2 Å². The van der Waals surface area contributed by atoms with E-state index >= 15 is 0 Å². The van der Waals surface area contributed by atoms with Crippen molar-refractivity contribution >= 4 is 5.69 Å². The van der Waals surface area contributed by atoms with E-state index in [1.165, 1.54) is 5.56 Å². The molecule has 1 N–H and O–H groups in total. The highest BCUT2D eigenvalue weighted by molar-refractivity contribution is 5.55. The summed E-state index contributed by atoms with van der Waals surface area (Å²) in [5.74, 6) is 0. The second-order valence-corrected chi connectivity index (χ2v) is 4.57. The molecule has 0 aliphatic heterocycles. The van der Waals surface area contributed by atoms with Crippen LogP contribution in [0.4, 0.5) is 5.69 Å². The van der Waals surface area contributed by atoms with Crippen LogP contribution in [0.2, 0.25) is 0 Å². The zero-order valence-corrected chi connectivity index (χ0v) is 11.2. The molecule has 1 aromatic rings. The number of hydrogen-bond donors (Lipinski definition) is 1. The van der Waals surface area contributed by atoms with Gasteiger partial charge < -0.3 is 14.7 Å². The second kappa shape index (κ2) is 6.62. The molecule has 0 bridgehead atoms. The Bertz CT molecular complexity index is 350. The van der Waals surface area contributed by atoms with Gasteiger partial charge >= 0.3 is 0 Å². The fourth-order valence-electron chi connectivity index (χ4n) is 1.97. The monoisotopic (exact) mass is 237 g/mol. The molecular formula is C14H23NO2. The smallest absolute Gasteiger partial charge is 0.0702 e. The van der Waals surface area contributed by atoms with Crippen molar-refractivity contribution in [1.82, 2.24) is 0 Å². The lowest BCUT2D eigenvalue weighted by Crippen LogP contribution is -2.34. The van der Waals surface area contributed by atoms with E-state index in [-0.39, 0.29) is 6.61 Å². The number of anilines is 1. The lowest BCUT2D eigenvalue weighted by Gasteiger charge is -2.30. The van der Waals surface area contributed by atoms with Crippen LogP contribution >= 0.6 is 0 Å². The normalized spacial score (nSPS) is 10.9. The molecule has 0 amide bonds. The zero-order chi connectivity index (χ0) is 12.8. The first-order valence-corrected chi connectivity index (χ1v) is 6.06. The minimum Gasteiger partial charge on any atom is -0.392 e. The predicted molar refractivity (Wildman–Crippen MR) is 71.5 cm³/mol. The molecule has 0 aliphatic rings. The van der Waals surface area contributed by atoms with Crippen molar-refractivity contribution < 1.29 is 9.84 Å². The Morgan fingerprint density at radius 3 is 2.59 bits per heavy atom. The Morgan fingerprint density at radius 1 is 1.35 bits per heavy atom. The topological polar surface area (TPSA) is 32.7 Å². The van der Waals surface area contributed by atoms with Gasteiger partial charge in [0.15, 0.2) is 0 Å². The maximum Gasteiger partial charge on any atom is 0.0702 e. The SMILES string of the molecule is COCCN(c1ccc(C)cc1CO)C(C)C. The Labute approximate surface area is 104 Å². The van der Waals surface area contributed by atoms with E-state index in [1.54, 1.807) is 7.11 Å². The van der Waals surface area contributed by atoms with E-state index in [1.807, 2.05) is 13.0 Å². The first-order chi connectivity index (χ1) is 8.10. The minimum absolute atomic E-state index is 0.0766. The van der Waals surface area contributed by atoms with Crippen LogP contribution < -0.4 is 4.90 Å². The second-order valence-electron chi connectivity index (χ2n) is 4.57. The molecule has 96 valence electrons. The van der Waals surface area contributed by atoms with E-state index in [0.717, 1.165) is 17.8 Å². The van der Waals surface area contributed by atoms with Crippen molar-refractivity contribution in [2.24, 2.45) is 0 Å². The van der Waals surface area contributed by atoms with Gasteiger partial charge in [0.2, 0.25) is 0 Å². The van der Waals surface area contributed by atoms with Gasteiger partial charge in [0.05, 0.1) is 13.2 Å². The summed E-state index contributed by atoms with van der Waals surface area (Å²) in [6, 6.07) is 6.59. The molecule has 0 saturated carbocycles. The third-order valence-electron chi connectivity index (χ3n) is 2.87. The molecule has 0 spiro atoms. The number of ether oxygens (including phenoxy) is 1. The Morgan fingerprint density at radius 2 is 2.06 bits per heavy atom. The number of nitrogens with zero attached hydrogens (tertiary/aromatic N) is 1. The van der Waals surface area contributed by atoms with Gasteiger partial charge in [-0.3, -0.25) is 0 Å². The number of hydrogen-bond acceptors (Lipinski definition) is 3. The van der Waals surface area contributed by atoms with E-state index in [4.69, 9.17) is 4.74 Å². The van der Waals surface area contributed by atoms with Crippen molar-refractivity contribution in [3.05, 3.63) is 29.3 Å². The Kier molecular flexibility index (Phi) is 5.45. The predicted octanol–water partition coefficient (Wildman–Crippen LogP) is 2.35. The number of rotatable bonds is 6. The summed E-state index contributed by atoms with van der Waals surface area (Å²) < 4.78 is 5.14. The summed E-state index contributed by atoms with van der Waals surface area (Å²) in [5.41, 5.74) is 3.26. The molecular weight excluding hydrogens is 214 g/mol. The molecule has 1 aromatic carbocycles. The number of aliphatic hydroxyl groups is 1. The van der Waals surface area contributed by atoms with Gasteiger partial charge in [-0.15, -0.1) is 0 Å². The minimum atomic E-state index is 0.0766. The number of benzene rings is 1. The molecule has 0 atom stereocenters. The molecule has 1 rings (SSSR count). The number of aryl methyl sites for hydroxylation is 1. The number of aliphatic hydroxyl groups excluding tert-OH is 1. The van der Waals surface area contributed by atoms with Crippen LogP contribution in [0.25, 0.3) is 0 Å². The molecule has 0 aliphatic carbocycles. The van der Waals surface area contributed by atoms with Crippen LogP contribution in [0, 0.1) is 6.92 Å². The molecule has 0 unspecified atom stereocenters. The maximum atomic E-state index is 9.44. The standard InChI is InChI=1S/C14H23NO2/c1-11(2)15(7-8-17-4)14-6-5-12(3)9-13(14)10-16/h5-6,9,11,16H,7-8,10H2,1-4H3. The molecule has 3 nitrogen and oxygen atoms in total. The number of methoxy groups -OCH3 is 1. The van der Waals surface area contributed by atoms with E-state index < -0.39 is 0 Å². The van der Waals surface area contributed by atoms with Crippen molar-refractivity contribution in [2.45, 2.75) is 33.4 Å². The summed E-state index contributed by atoms with van der Waals surface area (Å²) >= 11 is 0. The van der Waals surface area contributed by atoms with Gasteiger partial charge in [0.1, 0.15) is 0 Å². The largest absolute Gasteiger partial charge is 0.392 e. The van der Waals surface area contributed by atoms with Crippen molar-refractivity contribution in [3.63, 3.8) is 0 Å². The third kappa shape index (κ3) is 3.72. The van der Waals surface area contributed by atoms with Gasteiger partial charge in [-0.1, -0.05) is 17.7 Å². The van der Waals surface area contributed by atoms with Crippen LogP contribution in [0.1, 0.15) is 25.0 Å². The summed E-state index contributed by atoms with van der Waals surface area (Å²) in [5, 5.41) is 9.44. The zero-order valence-electron chi connectivity index (χ0n) is 11.2. The van der Waals surface area contributed by atoms with Gasteiger partial charge in [0.25, 0.3) is 0 Å². The van der Waals surface area contributed by atoms with Crippen LogP contribution in [-0.2, 0) is 11.3 Å². The maximum absolute atomic E-state index is 9.44. The average molecular weight is 237 g/mol. The summed E-state index contributed by atoms with van der Waals surface area (Å²) in [7, 11) is 1.71. The molecule has 0 saturated heterocycles. The third-order valence-corrected chi connectivity index (χ3v) is 2.87. The first kappa shape index (κ1) is 14.0. The van der Waals surface area contributed by atoms with Crippen LogP contribution in [0.15, 0.2) is 18.2 Å². The highest BCUT2D eigenvalue weighted by atomic mass is 16.5.